The number of anilines is 1. The van der Waals surface area contributed by atoms with Crippen LogP contribution in [0.3, 0.4) is 0 Å². The van der Waals surface area contributed by atoms with Crippen LogP contribution < -0.4 is 5.32 Å². The Morgan fingerprint density at radius 3 is 2.35 bits per heavy atom. The molecule has 0 spiro atoms. The summed E-state index contributed by atoms with van der Waals surface area (Å²) < 4.78 is 56.5. The number of ether oxygens (including phenoxy) is 2. The molecule has 3 aliphatic rings. The third-order valence-corrected chi connectivity index (χ3v) is 10.0. The van der Waals surface area contributed by atoms with Crippen LogP contribution >= 0.6 is 23.2 Å². The van der Waals surface area contributed by atoms with Gasteiger partial charge in [-0.05, 0) is 80.5 Å². The van der Waals surface area contributed by atoms with E-state index in [2.05, 4.69) is 15.5 Å². The van der Waals surface area contributed by atoms with E-state index < -0.39 is 17.8 Å². The maximum atomic E-state index is 13.6. The van der Waals surface area contributed by atoms with Gasteiger partial charge >= 0.3 is 18.2 Å². The summed E-state index contributed by atoms with van der Waals surface area (Å²) in [4.78, 5) is 31.5. The van der Waals surface area contributed by atoms with Gasteiger partial charge in [0.1, 0.15) is 17.1 Å². The first-order valence-electron chi connectivity index (χ1n) is 15.9. The molecule has 256 valence electrons. The Kier molecular flexibility index (Phi) is 9.06. The number of carbonyl (C=O) groups is 2. The quantitative estimate of drug-likeness (QED) is 0.181. The Labute approximate surface area is 289 Å². The van der Waals surface area contributed by atoms with Gasteiger partial charge in [-0.1, -0.05) is 40.5 Å². The molecule has 2 atom stereocenters. The number of alkyl halides is 3. The Hall–Kier alpha value is -4.13. The van der Waals surface area contributed by atoms with E-state index in [0.29, 0.717) is 45.7 Å². The molecule has 1 N–H and O–H groups in total. The number of amides is 2. The van der Waals surface area contributed by atoms with Crippen LogP contribution in [0.25, 0.3) is 22.4 Å². The Balaban J connectivity index is 1.05. The van der Waals surface area contributed by atoms with Gasteiger partial charge in [-0.25, -0.2) is 9.59 Å². The monoisotopic (exact) mass is 714 g/mol. The third kappa shape index (κ3) is 6.73. The summed E-state index contributed by atoms with van der Waals surface area (Å²) in [5, 5.41) is 8.23. The molecule has 2 aliphatic heterocycles. The molecule has 2 bridgehead atoms. The minimum atomic E-state index is -4.61. The van der Waals surface area contributed by atoms with Gasteiger partial charge < -0.3 is 24.2 Å². The number of hydrogen-bond donors (Lipinski definition) is 1. The molecule has 9 nitrogen and oxygen atoms in total. The highest BCUT2D eigenvalue weighted by Gasteiger charge is 2.44. The van der Waals surface area contributed by atoms with Crippen molar-refractivity contribution in [2.45, 2.75) is 75.4 Å². The number of halogens is 5. The molecule has 2 unspecified atom stereocenters. The van der Waals surface area contributed by atoms with E-state index in [9.17, 15) is 22.8 Å². The number of pyridine rings is 1. The van der Waals surface area contributed by atoms with Crippen LogP contribution in [0.2, 0.25) is 10.0 Å². The minimum absolute atomic E-state index is 0.0560. The van der Waals surface area contributed by atoms with Gasteiger partial charge in [0.2, 0.25) is 0 Å². The van der Waals surface area contributed by atoms with Crippen molar-refractivity contribution in [3.8, 4) is 22.4 Å². The summed E-state index contributed by atoms with van der Waals surface area (Å²) in [7, 11) is 1.21. The predicted molar refractivity (Wildman–Crippen MR) is 175 cm³/mol. The second kappa shape index (κ2) is 13.3. The van der Waals surface area contributed by atoms with Crippen molar-refractivity contribution < 1.29 is 36.8 Å². The van der Waals surface area contributed by atoms with Crippen LogP contribution in [0.1, 0.15) is 71.8 Å². The predicted octanol–water partition coefficient (Wildman–Crippen LogP) is 9.14. The molecule has 4 aromatic rings. The molecule has 7 rings (SSSR count). The lowest BCUT2D eigenvalue weighted by molar-refractivity contribution is -0.141. The molecule has 2 aromatic carbocycles. The van der Waals surface area contributed by atoms with Crippen LogP contribution in [0, 0.1) is 0 Å². The molecular weight excluding hydrogens is 684 g/mol. The second-order valence-electron chi connectivity index (χ2n) is 12.6. The van der Waals surface area contributed by atoms with E-state index in [1.807, 2.05) is 4.90 Å². The van der Waals surface area contributed by atoms with Crippen LogP contribution in [0.5, 0.6) is 0 Å². The summed E-state index contributed by atoms with van der Waals surface area (Å²) in [6.07, 6.45) is 1.29. The van der Waals surface area contributed by atoms with Gasteiger partial charge in [-0.3, -0.25) is 4.98 Å². The summed E-state index contributed by atoms with van der Waals surface area (Å²) >= 11 is 13.0. The number of carbonyl (C=O) groups excluding carboxylic acids is 2. The average molecular weight is 716 g/mol. The number of esters is 1. The number of rotatable bonds is 8. The van der Waals surface area contributed by atoms with E-state index in [0.717, 1.165) is 49.3 Å². The van der Waals surface area contributed by atoms with E-state index in [1.54, 1.807) is 24.3 Å². The fourth-order valence-electron chi connectivity index (χ4n) is 6.90. The van der Waals surface area contributed by atoms with Gasteiger partial charge in [0, 0.05) is 46.6 Å². The average Bonchev–Trinajstić information content (AvgIpc) is 3.78. The van der Waals surface area contributed by atoms with Gasteiger partial charge in [-0.15, -0.1) is 0 Å². The summed E-state index contributed by atoms with van der Waals surface area (Å²) in [5.74, 6) is 0.418. The molecule has 49 heavy (non-hydrogen) atoms. The van der Waals surface area contributed by atoms with Crippen LogP contribution in [0.4, 0.5) is 23.7 Å². The standard InChI is InChI=1S/C35H31Cl2F3N4O5/c1-47-33(45)24-11-8-20(13-25(24)19-7-12-29(41-16-19)35(38,39)40)42-34(46)44-21-9-10-22(44)15-23(14-21)48-17-26-31(43-49-32(26)18-5-6-18)30-27(36)3-2-4-28(30)37/h2-4,7-8,11-13,16,18,21-23H,5-6,9-10,14-15,17H2,1H3,(H,42,46). The summed E-state index contributed by atoms with van der Waals surface area (Å²) in [5.41, 5.74) is 2.02. The number of nitrogens with one attached hydrogen (secondary N) is 1. The smallest absolute Gasteiger partial charge is 0.433 e. The molecule has 14 heteroatoms. The molecule has 2 saturated heterocycles. The van der Waals surface area contributed by atoms with Crippen molar-refractivity contribution in [3.05, 3.63) is 87.4 Å². The molecule has 1 aliphatic carbocycles. The number of hydrogen-bond acceptors (Lipinski definition) is 7. The molecule has 0 radical (unpaired) electrons. The van der Waals surface area contributed by atoms with Crippen LogP contribution in [-0.4, -0.2) is 52.3 Å². The van der Waals surface area contributed by atoms with Crippen LogP contribution in [0.15, 0.2) is 59.3 Å². The number of benzene rings is 2. The lowest BCUT2D eigenvalue weighted by Gasteiger charge is -2.38. The van der Waals surface area contributed by atoms with Gasteiger partial charge in [0.15, 0.2) is 0 Å². The topological polar surface area (TPSA) is 107 Å². The Morgan fingerprint density at radius 2 is 1.73 bits per heavy atom. The number of fused-ring (bicyclic) bond motifs is 2. The van der Waals surface area contributed by atoms with E-state index in [-0.39, 0.29) is 47.5 Å². The van der Waals surface area contributed by atoms with Crippen molar-refractivity contribution in [2.24, 2.45) is 0 Å². The maximum absolute atomic E-state index is 13.6. The lowest BCUT2D eigenvalue weighted by Crippen LogP contribution is -2.50. The fraction of sp³-hybridized carbons (Fsp3) is 0.371. The molecular formula is C35H31Cl2F3N4O5. The second-order valence-corrected chi connectivity index (χ2v) is 13.4. The first-order valence-corrected chi connectivity index (χ1v) is 16.7. The highest BCUT2D eigenvalue weighted by Crippen LogP contribution is 2.47. The molecule has 3 fully saturated rings. The number of piperidine rings is 1. The minimum Gasteiger partial charge on any atom is -0.465 e. The normalized spacial score (nSPS) is 20.4. The van der Waals surface area contributed by atoms with Gasteiger partial charge in [0.25, 0.3) is 0 Å². The Morgan fingerprint density at radius 1 is 1.02 bits per heavy atom. The van der Waals surface area contributed by atoms with Crippen molar-refractivity contribution in [3.63, 3.8) is 0 Å². The van der Waals surface area contributed by atoms with Crippen molar-refractivity contribution in [2.75, 3.05) is 12.4 Å². The molecule has 1 saturated carbocycles. The number of nitrogens with zero attached hydrogens (tertiary/aromatic N) is 3. The van der Waals surface area contributed by atoms with Gasteiger partial charge in [0.05, 0.1) is 35.4 Å². The largest absolute Gasteiger partial charge is 0.465 e. The number of urea groups is 1. The van der Waals surface area contributed by atoms with Crippen molar-refractivity contribution >= 4 is 40.9 Å². The first kappa shape index (κ1) is 33.4. The third-order valence-electron chi connectivity index (χ3n) is 9.40. The highest BCUT2D eigenvalue weighted by molar-refractivity contribution is 6.39. The maximum Gasteiger partial charge on any atom is 0.433 e. The van der Waals surface area contributed by atoms with E-state index in [4.69, 9.17) is 37.2 Å². The van der Waals surface area contributed by atoms with E-state index in [1.165, 1.54) is 25.3 Å². The van der Waals surface area contributed by atoms with Crippen molar-refractivity contribution in [1.29, 1.82) is 0 Å². The zero-order valence-electron chi connectivity index (χ0n) is 26.2. The van der Waals surface area contributed by atoms with Crippen LogP contribution in [-0.2, 0) is 22.3 Å². The van der Waals surface area contributed by atoms with Crippen molar-refractivity contribution in [1.82, 2.24) is 15.0 Å². The zero-order chi connectivity index (χ0) is 34.4. The van der Waals surface area contributed by atoms with E-state index >= 15 is 0 Å². The summed E-state index contributed by atoms with van der Waals surface area (Å²) in [6, 6.07) is 11.5. The lowest BCUT2D eigenvalue weighted by atomic mass is 9.99. The molecule has 4 heterocycles. The zero-order valence-corrected chi connectivity index (χ0v) is 27.7. The van der Waals surface area contributed by atoms with Gasteiger partial charge in [-0.2, -0.15) is 13.2 Å². The molecule has 2 aromatic heterocycles. The Bertz CT molecular complexity index is 1860. The number of aromatic nitrogens is 2. The molecule has 2 amide bonds. The first-order chi connectivity index (χ1) is 23.5. The highest BCUT2D eigenvalue weighted by atomic mass is 35.5. The summed E-state index contributed by atoms with van der Waals surface area (Å²) in [6.45, 7) is 0.274. The SMILES string of the molecule is COC(=O)c1ccc(NC(=O)N2C3CCC2CC(OCc2c(-c4c(Cl)cccc4Cl)noc2C2CC2)C3)cc1-c1ccc(C(F)(F)F)nc1. The fourth-order valence-corrected chi connectivity index (χ4v) is 7.48. The number of methoxy groups -OCH3 is 1.